The van der Waals surface area contributed by atoms with Crippen LogP contribution < -0.4 is 5.14 Å². The Hall–Kier alpha value is -1.89. The molecule has 7 heteroatoms. The first-order valence-corrected chi connectivity index (χ1v) is 10.0. The predicted octanol–water partition coefficient (Wildman–Crippen LogP) is 3.71. The summed E-state index contributed by atoms with van der Waals surface area (Å²) in [5.74, 6) is 0.505. The van der Waals surface area contributed by atoms with E-state index in [0.717, 1.165) is 41.8 Å². The van der Waals surface area contributed by atoms with Gasteiger partial charge in [0.25, 0.3) is 0 Å². The highest BCUT2D eigenvalue weighted by molar-refractivity contribution is 7.89. The van der Waals surface area contributed by atoms with Gasteiger partial charge in [0, 0.05) is 11.5 Å². The fourth-order valence-electron chi connectivity index (χ4n) is 3.95. The zero-order valence-corrected chi connectivity index (χ0v) is 14.9. The summed E-state index contributed by atoms with van der Waals surface area (Å²) in [5.41, 5.74) is 3.42. The van der Waals surface area contributed by atoms with Crippen LogP contribution in [0.25, 0.3) is 0 Å². The first-order valence-electron chi connectivity index (χ1n) is 8.09. The van der Waals surface area contributed by atoms with Gasteiger partial charge in [0.2, 0.25) is 10.0 Å². The van der Waals surface area contributed by atoms with E-state index in [0.29, 0.717) is 5.02 Å². The minimum atomic E-state index is -3.74. The van der Waals surface area contributed by atoms with Crippen LogP contribution in [0.1, 0.15) is 36.3 Å². The number of primary sulfonamides is 1. The summed E-state index contributed by atoms with van der Waals surface area (Å²) in [6, 6.07) is 9.76. The van der Waals surface area contributed by atoms with Gasteiger partial charge >= 0.3 is 0 Å². The number of aliphatic imine (C=N–C) groups is 1. The molecule has 3 N–H and O–H groups in total. The van der Waals surface area contributed by atoms with Crippen molar-refractivity contribution in [3.05, 3.63) is 52.5 Å². The molecule has 0 radical (unpaired) electrons. The number of sulfonamides is 1. The van der Waals surface area contributed by atoms with Gasteiger partial charge < -0.3 is 5.11 Å². The van der Waals surface area contributed by atoms with Crippen molar-refractivity contribution >= 4 is 33.0 Å². The number of phenolic OH excluding ortho intramolecular Hbond substituents is 1. The number of halogens is 1. The fraction of sp³-hybridized carbons (Fsp3) is 0.278. The van der Waals surface area contributed by atoms with E-state index in [1.165, 1.54) is 12.1 Å². The van der Waals surface area contributed by atoms with Crippen molar-refractivity contribution in [2.75, 3.05) is 0 Å². The Balaban J connectivity index is 1.89. The minimum Gasteiger partial charge on any atom is -0.508 e. The molecule has 1 fully saturated rings. The van der Waals surface area contributed by atoms with E-state index in [-0.39, 0.29) is 22.5 Å². The number of fused-ring (bicyclic) bond motifs is 3. The first-order chi connectivity index (χ1) is 11.8. The molecule has 2 aliphatic rings. The predicted molar refractivity (Wildman–Crippen MR) is 97.2 cm³/mol. The lowest BCUT2D eigenvalue weighted by Gasteiger charge is -2.29. The number of aromatic hydroxyl groups is 1. The van der Waals surface area contributed by atoms with Gasteiger partial charge in [-0.3, -0.25) is 4.99 Å². The van der Waals surface area contributed by atoms with Gasteiger partial charge in [0.1, 0.15) is 5.75 Å². The van der Waals surface area contributed by atoms with Crippen molar-refractivity contribution in [1.82, 2.24) is 0 Å². The summed E-state index contributed by atoms with van der Waals surface area (Å²) in [7, 11) is -3.74. The Morgan fingerprint density at radius 2 is 1.88 bits per heavy atom. The Bertz CT molecular complexity index is 1000. The largest absolute Gasteiger partial charge is 0.508 e. The van der Waals surface area contributed by atoms with Gasteiger partial charge in [-0.05, 0) is 60.7 Å². The molecular weight excluding hydrogens is 360 g/mol. The van der Waals surface area contributed by atoms with Crippen molar-refractivity contribution in [2.24, 2.45) is 16.0 Å². The Morgan fingerprint density at radius 3 is 2.60 bits per heavy atom. The molecule has 0 amide bonds. The number of hydrogen-bond donors (Lipinski definition) is 2. The summed E-state index contributed by atoms with van der Waals surface area (Å²) in [6.07, 6.45) is 2.99. The molecule has 2 aromatic rings. The van der Waals surface area contributed by atoms with E-state index in [1.54, 1.807) is 24.3 Å². The van der Waals surface area contributed by atoms with Crippen LogP contribution in [0.15, 0.2) is 46.3 Å². The third-order valence-electron chi connectivity index (χ3n) is 5.06. The quantitative estimate of drug-likeness (QED) is 0.836. The van der Waals surface area contributed by atoms with Gasteiger partial charge in [0.15, 0.2) is 0 Å². The van der Waals surface area contributed by atoms with Crippen molar-refractivity contribution in [1.29, 1.82) is 0 Å². The molecular formula is C18H17ClN2O3S. The van der Waals surface area contributed by atoms with Crippen LogP contribution in [0.2, 0.25) is 5.02 Å². The Kier molecular flexibility index (Phi) is 3.86. The molecule has 0 spiro atoms. The van der Waals surface area contributed by atoms with E-state index >= 15 is 0 Å². The van der Waals surface area contributed by atoms with Crippen molar-refractivity contribution in [3.8, 4) is 5.75 Å². The Morgan fingerprint density at radius 1 is 1.12 bits per heavy atom. The average molecular weight is 377 g/mol. The minimum absolute atomic E-state index is 0.117. The topological polar surface area (TPSA) is 92.8 Å². The SMILES string of the molecule is NS(=O)(=O)c1ccc2c(c1)[C@H]1CCC[C@H]1C(c1ccc(O)cc1Cl)=N2. The Labute approximate surface area is 151 Å². The molecule has 4 rings (SSSR count). The summed E-state index contributed by atoms with van der Waals surface area (Å²) < 4.78 is 23.3. The molecule has 2 aromatic carbocycles. The molecule has 2 atom stereocenters. The third kappa shape index (κ3) is 2.84. The number of nitrogens with two attached hydrogens (primary N) is 1. The second-order valence-electron chi connectivity index (χ2n) is 6.57. The van der Waals surface area contributed by atoms with Crippen LogP contribution in [-0.4, -0.2) is 19.2 Å². The lowest BCUT2D eigenvalue weighted by molar-refractivity contribution is 0.475. The van der Waals surface area contributed by atoms with E-state index in [2.05, 4.69) is 0 Å². The zero-order valence-electron chi connectivity index (χ0n) is 13.3. The maximum absolute atomic E-state index is 11.7. The molecule has 5 nitrogen and oxygen atoms in total. The molecule has 1 aliphatic heterocycles. The maximum Gasteiger partial charge on any atom is 0.238 e. The first kappa shape index (κ1) is 16.6. The number of phenols is 1. The van der Waals surface area contributed by atoms with Crippen molar-refractivity contribution < 1.29 is 13.5 Å². The van der Waals surface area contributed by atoms with E-state index in [4.69, 9.17) is 21.7 Å². The van der Waals surface area contributed by atoms with Gasteiger partial charge in [-0.15, -0.1) is 0 Å². The molecule has 1 aliphatic carbocycles. The summed E-state index contributed by atoms with van der Waals surface area (Å²) in [6.45, 7) is 0. The molecule has 0 saturated heterocycles. The smallest absolute Gasteiger partial charge is 0.238 e. The highest BCUT2D eigenvalue weighted by Crippen LogP contribution is 2.49. The van der Waals surface area contributed by atoms with Gasteiger partial charge in [0.05, 0.1) is 21.3 Å². The average Bonchev–Trinajstić information content (AvgIpc) is 3.03. The molecule has 25 heavy (non-hydrogen) atoms. The monoisotopic (exact) mass is 376 g/mol. The fourth-order valence-corrected chi connectivity index (χ4v) is 4.77. The summed E-state index contributed by atoms with van der Waals surface area (Å²) in [5, 5.41) is 15.3. The second kappa shape index (κ2) is 5.83. The number of benzene rings is 2. The lowest BCUT2D eigenvalue weighted by Crippen LogP contribution is -2.23. The summed E-state index contributed by atoms with van der Waals surface area (Å²) in [4.78, 5) is 4.91. The van der Waals surface area contributed by atoms with Crippen molar-refractivity contribution in [2.45, 2.75) is 30.1 Å². The van der Waals surface area contributed by atoms with E-state index in [9.17, 15) is 13.5 Å². The van der Waals surface area contributed by atoms with Crippen molar-refractivity contribution in [3.63, 3.8) is 0 Å². The number of rotatable bonds is 2. The van der Waals surface area contributed by atoms with Gasteiger partial charge in [-0.2, -0.15) is 0 Å². The van der Waals surface area contributed by atoms with Crippen LogP contribution in [0.5, 0.6) is 5.75 Å². The summed E-state index contributed by atoms with van der Waals surface area (Å²) >= 11 is 6.33. The van der Waals surface area contributed by atoms with Crippen LogP contribution in [-0.2, 0) is 10.0 Å². The highest BCUT2D eigenvalue weighted by Gasteiger charge is 2.38. The molecule has 1 saturated carbocycles. The number of nitrogens with zero attached hydrogens (tertiary/aromatic N) is 1. The van der Waals surface area contributed by atoms with E-state index in [1.807, 2.05) is 0 Å². The van der Waals surface area contributed by atoms with Crippen LogP contribution >= 0.6 is 11.6 Å². The van der Waals surface area contributed by atoms with Crippen LogP contribution in [0, 0.1) is 5.92 Å². The van der Waals surface area contributed by atoms with Crippen LogP contribution in [0.3, 0.4) is 0 Å². The molecule has 130 valence electrons. The normalized spacial score (nSPS) is 22.2. The lowest BCUT2D eigenvalue weighted by atomic mass is 9.80. The second-order valence-corrected chi connectivity index (χ2v) is 8.54. The molecule has 0 unspecified atom stereocenters. The molecule has 0 aromatic heterocycles. The van der Waals surface area contributed by atoms with E-state index < -0.39 is 10.0 Å². The van der Waals surface area contributed by atoms with Gasteiger partial charge in [-0.25, -0.2) is 13.6 Å². The maximum atomic E-state index is 11.7. The van der Waals surface area contributed by atoms with Gasteiger partial charge in [-0.1, -0.05) is 18.0 Å². The van der Waals surface area contributed by atoms with Crippen LogP contribution in [0.4, 0.5) is 5.69 Å². The molecule has 1 heterocycles. The molecule has 0 bridgehead atoms. The zero-order chi connectivity index (χ0) is 17.8. The standard InChI is InChI=1S/C18H17ClN2O3S/c19-16-8-10(22)4-6-14(16)18-13-3-1-2-12(13)15-9-11(25(20,23)24)5-7-17(15)21-18/h4-9,12-13,22H,1-3H2,(H2,20,23,24)/t12-,13+/m0/s1. The number of hydrogen-bond acceptors (Lipinski definition) is 4. The third-order valence-corrected chi connectivity index (χ3v) is 6.29. The highest BCUT2D eigenvalue weighted by atomic mass is 35.5.